The third kappa shape index (κ3) is 2.17. The molecule has 0 bridgehead atoms. The van der Waals surface area contributed by atoms with Crippen LogP contribution in [0, 0.1) is 0 Å². The van der Waals surface area contributed by atoms with E-state index in [2.05, 4.69) is 6.92 Å². The Kier molecular flexibility index (Phi) is 3.59. The van der Waals surface area contributed by atoms with Gasteiger partial charge in [-0.15, -0.1) is 0 Å². The molecule has 2 aliphatic heterocycles. The molecule has 0 saturated heterocycles. The lowest BCUT2D eigenvalue weighted by atomic mass is 9.90. The Balaban J connectivity index is 1.82. The summed E-state index contributed by atoms with van der Waals surface area (Å²) >= 11 is 0. The van der Waals surface area contributed by atoms with Crippen molar-refractivity contribution < 1.29 is 14.6 Å². The molecule has 6 heteroatoms. The first-order chi connectivity index (χ1) is 13.5. The molecule has 142 valence electrons. The van der Waals surface area contributed by atoms with Gasteiger partial charge in [0.25, 0.3) is 5.56 Å². The van der Waals surface area contributed by atoms with Crippen LogP contribution >= 0.6 is 0 Å². The Hall–Kier alpha value is -3.15. The number of fused-ring (bicyclic) bond motifs is 5. The topological polar surface area (TPSA) is 81.4 Å². The van der Waals surface area contributed by atoms with E-state index in [1.54, 1.807) is 22.8 Å². The number of aromatic nitrogens is 2. The number of carbonyl (C=O) groups is 1. The molecule has 1 aromatic carbocycles. The molecule has 1 N–H and O–H groups in total. The molecular formula is C22H20N2O4. The minimum atomic E-state index is -0.408. The van der Waals surface area contributed by atoms with E-state index in [4.69, 9.17) is 9.72 Å². The fraction of sp³-hybridized carbons (Fsp3) is 0.318. The van der Waals surface area contributed by atoms with Gasteiger partial charge in [0, 0.05) is 10.9 Å². The third-order valence-corrected chi connectivity index (χ3v) is 5.96. The fourth-order valence-electron chi connectivity index (χ4n) is 4.58. The number of aryl methyl sites for hydroxylation is 1. The van der Waals surface area contributed by atoms with Crippen molar-refractivity contribution in [1.29, 1.82) is 0 Å². The SMILES string of the molecule is CCc1c2c(nc3ccc(O)cc13)-c1cc3c(c(=O)n1C2)COC(=O)[C@@H]3CC. The molecule has 0 radical (unpaired) electrons. The number of carbonyl (C=O) groups excluding carboxylic acids is 1. The molecule has 0 spiro atoms. The van der Waals surface area contributed by atoms with Crippen molar-refractivity contribution in [3.8, 4) is 17.1 Å². The zero-order chi connectivity index (χ0) is 19.6. The van der Waals surface area contributed by atoms with E-state index in [-0.39, 0.29) is 23.9 Å². The standard InChI is InChI=1S/C22H20N2O4/c1-3-12-15-7-11(25)5-6-18(15)23-20-16(12)9-24-19(20)8-14-13(4-2)22(27)28-10-17(14)21(24)26/h5-8,13,25H,3-4,9-10H2,1-2H3/t13-/m1/s1. The van der Waals surface area contributed by atoms with Crippen LogP contribution in [0.25, 0.3) is 22.3 Å². The van der Waals surface area contributed by atoms with Crippen molar-refractivity contribution in [3.05, 3.63) is 56.9 Å². The summed E-state index contributed by atoms with van der Waals surface area (Å²) in [5.41, 5.74) is 5.69. The van der Waals surface area contributed by atoms with Gasteiger partial charge in [-0.2, -0.15) is 0 Å². The first kappa shape index (κ1) is 17.0. The van der Waals surface area contributed by atoms with E-state index >= 15 is 0 Å². The van der Waals surface area contributed by atoms with Crippen LogP contribution in [-0.4, -0.2) is 20.6 Å². The number of esters is 1. The van der Waals surface area contributed by atoms with Crippen LogP contribution in [-0.2, 0) is 29.1 Å². The molecule has 6 nitrogen and oxygen atoms in total. The van der Waals surface area contributed by atoms with Crippen molar-refractivity contribution >= 4 is 16.9 Å². The van der Waals surface area contributed by atoms with Crippen LogP contribution in [0.3, 0.4) is 0 Å². The van der Waals surface area contributed by atoms with Crippen LogP contribution in [0.15, 0.2) is 29.1 Å². The van der Waals surface area contributed by atoms with Crippen molar-refractivity contribution in [3.63, 3.8) is 0 Å². The van der Waals surface area contributed by atoms with Crippen LogP contribution in [0.5, 0.6) is 5.75 Å². The highest BCUT2D eigenvalue weighted by Gasteiger charge is 2.34. The first-order valence-electron chi connectivity index (χ1n) is 9.61. The van der Waals surface area contributed by atoms with Crippen molar-refractivity contribution in [2.45, 2.75) is 45.8 Å². The minimum Gasteiger partial charge on any atom is -0.508 e. The van der Waals surface area contributed by atoms with E-state index in [0.29, 0.717) is 18.5 Å². The molecular weight excluding hydrogens is 356 g/mol. The average Bonchev–Trinajstić information content (AvgIpc) is 3.05. The molecule has 3 aromatic rings. The highest BCUT2D eigenvalue weighted by atomic mass is 16.5. The van der Waals surface area contributed by atoms with Gasteiger partial charge in [0.05, 0.1) is 34.9 Å². The quantitative estimate of drug-likeness (QED) is 0.543. The van der Waals surface area contributed by atoms with Gasteiger partial charge in [0.15, 0.2) is 0 Å². The number of pyridine rings is 2. The molecule has 0 fully saturated rings. The van der Waals surface area contributed by atoms with Gasteiger partial charge in [-0.3, -0.25) is 9.59 Å². The Labute approximate surface area is 161 Å². The van der Waals surface area contributed by atoms with Crippen LogP contribution in [0.4, 0.5) is 0 Å². The number of phenols is 1. The predicted octanol–water partition coefficient (Wildman–Crippen LogP) is 3.24. The maximum absolute atomic E-state index is 13.2. The van der Waals surface area contributed by atoms with E-state index in [1.807, 2.05) is 13.0 Å². The average molecular weight is 376 g/mol. The lowest BCUT2D eigenvalue weighted by molar-refractivity contribution is -0.148. The summed E-state index contributed by atoms with van der Waals surface area (Å²) in [5, 5.41) is 10.8. The van der Waals surface area contributed by atoms with Crippen molar-refractivity contribution in [1.82, 2.24) is 9.55 Å². The van der Waals surface area contributed by atoms with Gasteiger partial charge in [-0.05, 0) is 48.2 Å². The number of hydrogen-bond acceptors (Lipinski definition) is 5. The highest BCUT2D eigenvalue weighted by Crippen LogP contribution is 2.39. The maximum Gasteiger partial charge on any atom is 0.313 e. The second kappa shape index (κ2) is 5.92. The maximum atomic E-state index is 13.2. The molecule has 0 unspecified atom stereocenters. The molecule has 28 heavy (non-hydrogen) atoms. The van der Waals surface area contributed by atoms with E-state index in [1.165, 1.54) is 0 Å². The summed E-state index contributed by atoms with van der Waals surface area (Å²) in [6.07, 6.45) is 1.36. The third-order valence-electron chi connectivity index (χ3n) is 5.96. The molecule has 0 saturated carbocycles. The number of cyclic esters (lactones) is 1. The number of ether oxygens (including phenoxy) is 1. The van der Waals surface area contributed by atoms with E-state index in [9.17, 15) is 14.7 Å². The molecule has 1 atom stereocenters. The number of nitrogens with zero attached hydrogens (tertiary/aromatic N) is 2. The molecule has 2 aromatic heterocycles. The monoisotopic (exact) mass is 376 g/mol. The summed E-state index contributed by atoms with van der Waals surface area (Å²) in [4.78, 5) is 30.2. The molecule has 0 amide bonds. The Morgan fingerprint density at radius 2 is 2.04 bits per heavy atom. The van der Waals surface area contributed by atoms with Gasteiger partial charge in [-0.25, -0.2) is 4.98 Å². The molecule has 4 heterocycles. The zero-order valence-electron chi connectivity index (χ0n) is 15.8. The van der Waals surface area contributed by atoms with Gasteiger partial charge < -0.3 is 14.4 Å². The first-order valence-corrected chi connectivity index (χ1v) is 9.61. The van der Waals surface area contributed by atoms with Gasteiger partial charge in [-0.1, -0.05) is 13.8 Å². The smallest absolute Gasteiger partial charge is 0.313 e. The predicted molar refractivity (Wildman–Crippen MR) is 104 cm³/mol. The van der Waals surface area contributed by atoms with Crippen molar-refractivity contribution in [2.75, 3.05) is 0 Å². The number of rotatable bonds is 2. The minimum absolute atomic E-state index is 0.0318. The molecule has 0 aliphatic carbocycles. The number of benzene rings is 1. The lowest BCUT2D eigenvalue weighted by Gasteiger charge is -2.24. The summed E-state index contributed by atoms with van der Waals surface area (Å²) in [5.74, 6) is -0.475. The normalized spacial score (nSPS) is 17.2. The Morgan fingerprint density at radius 3 is 2.79 bits per heavy atom. The second-order valence-electron chi connectivity index (χ2n) is 7.40. The van der Waals surface area contributed by atoms with E-state index < -0.39 is 5.92 Å². The van der Waals surface area contributed by atoms with Crippen LogP contribution < -0.4 is 5.56 Å². The Bertz CT molecular complexity index is 1230. The number of aromatic hydroxyl groups is 1. The fourth-order valence-corrected chi connectivity index (χ4v) is 4.58. The molecule has 5 rings (SSSR count). The van der Waals surface area contributed by atoms with Crippen LogP contribution in [0.1, 0.15) is 48.4 Å². The lowest BCUT2D eigenvalue weighted by Crippen LogP contribution is -2.32. The van der Waals surface area contributed by atoms with Gasteiger partial charge in [0.2, 0.25) is 0 Å². The van der Waals surface area contributed by atoms with Gasteiger partial charge in [0.1, 0.15) is 12.4 Å². The van der Waals surface area contributed by atoms with Crippen LogP contribution in [0.2, 0.25) is 0 Å². The summed E-state index contributed by atoms with van der Waals surface area (Å²) in [6, 6.07) is 7.11. The van der Waals surface area contributed by atoms with Crippen molar-refractivity contribution in [2.24, 2.45) is 0 Å². The zero-order valence-corrected chi connectivity index (χ0v) is 15.8. The second-order valence-corrected chi connectivity index (χ2v) is 7.40. The molecule has 2 aliphatic rings. The Morgan fingerprint density at radius 1 is 1.21 bits per heavy atom. The van der Waals surface area contributed by atoms with Gasteiger partial charge >= 0.3 is 5.97 Å². The number of phenolic OH excluding ortho intramolecular Hbond substituents is 1. The summed E-state index contributed by atoms with van der Waals surface area (Å²) < 4.78 is 6.99. The van der Waals surface area contributed by atoms with E-state index in [0.717, 1.165) is 45.4 Å². The number of hydrogen-bond donors (Lipinski definition) is 1. The summed E-state index contributed by atoms with van der Waals surface area (Å²) in [6.45, 7) is 4.47. The highest BCUT2D eigenvalue weighted by molar-refractivity contribution is 5.89. The largest absolute Gasteiger partial charge is 0.508 e. The summed E-state index contributed by atoms with van der Waals surface area (Å²) in [7, 11) is 0.